The van der Waals surface area contributed by atoms with Crippen molar-refractivity contribution in [1.29, 1.82) is 0 Å². The summed E-state index contributed by atoms with van der Waals surface area (Å²) < 4.78 is 26.4. The van der Waals surface area contributed by atoms with Crippen LogP contribution in [0.4, 0.5) is 0 Å². The second-order valence-electron chi connectivity index (χ2n) is 4.27. The molecule has 1 aromatic rings. The average Bonchev–Trinajstić information content (AvgIpc) is 2.27. The molecule has 1 unspecified atom stereocenters. The van der Waals surface area contributed by atoms with Gasteiger partial charge in [-0.25, -0.2) is 13.1 Å². The predicted molar refractivity (Wildman–Crippen MR) is 59.2 cm³/mol. The first-order chi connectivity index (χ1) is 6.99. The number of sulfonamides is 1. The Morgan fingerprint density at radius 2 is 2.13 bits per heavy atom. The van der Waals surface area contributed by atoms with Crippen molar-refractivity contribution < 1.29 is 8.42 Å². The molecule has 82 valence electrons. The van der Waals surface area contributed by atoms with Crippen molar-refractivity contribution in [3.63, 3.8) is 0 Å². The van der Waals surface area contributed by atoms with E-state index in [2.05, 4.69) is 11.6 Å². The molecule has 1 aliphatic rings. The predicted octanol–water partition coefficient (Wildman–Crippen LogP) is 1.47. The van der Waals surface area contributed by atoms with Gasteiger partial charge in [-0.1, -0.05) is 19.1 Å². The van der Waals surface area contributed by atoms with Crippen LogP contribution in [0.1, 0.15) is 18.1 Å². The molecule has 3 nitrogen and oxygen atoms in total. The van der Waals surface area contributed by atoms with E-state index in [1.54, 1.807) is 6.07 Å². The lowest BCUT2D eigenvalue weighted by molar-refractivity contribution is 0.552. The summed E-state index contributed by atoms with van der Waals surface area (Å²) in [6, 6.07) is 5.63. The third-order valence-electron chi connectivity index (χ3n) is 2.70. The topological polar surface area (TPSA) is 46.2 Å². The number of rotatable bonds is 0. The van der Waals surface area contributed by atoms with Gasteiger partial charge in [0.15, 0.2) is 0 Å². The van der Waals surface area contributed by atoms with E-state index in [-0.39, 0.29) is 0 Å². The average molecular weight is 225 g/mol. The Bertz CT molecular complexity index is 479. The number of benzene rings is 1. The van der Waals surface area contributed by atoms with Crippen LogP contribution in [0.5, 0.6) is 0 Å². The molecule has 0 aromatic heterocycles. The summed E-state index contributed by atoms with van der Waals surface area (Å²) in [7, 11) is -3.28. The normalized spacial score (nSPS) is 24.3. The molecule has 4 heteroatoms. The van der Waals surface area contributed by atoms with Crippen LogP contribution in [0.25, 0.3) is 0 Å². The zero-order chi connectivity index (χ0) is 11.1. The van der Waals surface area contributed by atoms with Crippen molar-refractivity contribution in [1.82, 2.24) is 4.72 Å². The van der Waals surface area contributed by atoms with E-state index >= 15 is 0 Å². The van der Waals surface area contributed by atoms with Gasteiger partial charge in [-0.3, -0.25) is 0 Å². The molecule has 1 heterocycles. The molecule has 0 amide bonds. The molecular formula is C11H15NO2S. The molecule has 0 spiro atoms. The molecule has 1 atom stereocenters. The first-order valence-corrected chi connectivity index (χ1v) is 6.56. The fourth-order valence-electron chi connectivity index (χ4n) is 1.86. The van der Waals surface area contributed by atoms with E-state index in [9.17, 15) is 8.42 Å². The third kappa shape index (κ3) is 2.06. The molecular weight excluding hydrogens is 210 g/mol. The molecule has 1 aromatic carbocycles. The maximum Gasteiger partial charge on any atom is 0.240 e. The lowest BCUT2D eigenvalue weighted by atomic mass is 10.0. The van der Waals surface area contributed by atoms with E-state index in [4.69, 9.17) is 0 Å². The van der Waals surface area contributed by atoms with Gasteiger partial charge in [0.05, 0.1) is 4.90 Å². The van der Waals surface area contributed by atoms with Crippen molar-refractivity contribution in [2.24, 2.45) is 5.92 Å². The Morgan fingerprint density at radius 1 is 1.40 bits per heavy atom. The Morgan fingerprint density at radius 3 is 2.87 bits per heavy atom. The summed E-state index contributed by atoms with van der Waals surface area (Å²) in [5.74, 6) is 0.351. The lowest BCUT2D eigenvalue weighted by Gasteiger charge is -2.07. The third-order valence-corrected chi connectivity index (χ3v) is 4.21. The van der Waals surface area contributed by atoms with E-state index in [0.29, 0.717) is 17.4 Å². The summed E-state index contributed by atoms with van der Waals surface area (Å²) in [4.78, 5) is 0.451. The lowest BCUT2D eigenvalue weighted by Crippen LogP contribution is -2.26. The van der Waals surface area contributed by atoms with Gasteiger partial charge in [0, 0.05) is 6.54 Å². The first kappa shape index (κ1) is 10.6. The SMILES string of the molecule is Cc1ccc2c(c1)S(=O)(=O)NCC(C)C2. The minimum absolute atomic E-state index is 0.351. The smallest absolute Gasteiger partial charge is 0.211 e. The monoisotopic (exact) mass is 225 g/mol. The van der Waals surface area contributed by atoms with E-state index in [0.717, 1.165) is 17.5 Å². The Hall–Kier alpha value is -0.870. The van der Waals surface area contributed by atoms with Crippen molar-refractivity contribution in [3.05, 3.63) is 29.3 Å². The van der Waals surface area contributed by atoms with Crippen LogP contribution in [0.15, 0.2) is 23.1 Å². The van der Waals surface area contributed by atoms with Crippen LogP contribution in [0.3, 0.4) is 0 Å². The largest absolute Gasteiger partial charge is 0.240 e. The van der Waals surface area contributed by atoms with E-state index < -0.39 is 10.0 Å². The molecule has 0 bridgehead atoms. The van der Waals surface area contributed by atoms with Crippen molar-refractivity contribution in [2.75, 3.05) is 6.54 Å². The van der Waals surface area contributed by atoms with Gasteiger partial charge < -0.3 is 0 Å². The van der Waals surface area contributed by atoms with Gasteiger partial charge in [-0.05, 0) is 36.5 Å². The molecule has 1 N–H and O–H groups in total. The van der Waals surface area contributed by atoms with Gasteiger partial charge >= 0.3 is 0 Å². The summed E-state index contributed by atoms with van der Waals surface area (Å²) in [6.45, 7) is 4.48. The molecule has 0 radical (unpaired) electrons. The summed E-state index contributed by atoms with van der Waals surface area (Å²) in [5.41, 5.74) is 1.91. The summed E-state index contributed by atoms with van der Waals surface area (Å²) in [5, 5.41) is 0. The number of aryl methyl sites for hydroxylation is 1. The van der Waals surface area contributed by atoms with Gasteiger partial charge in [0.25, 0.3) is 0 Å². The zero-order valence-electron chi connectivity index (χ0n) is 8.95. The van der Waals surface area contributed by atoms with Crippen LogP contribution >= 0.6 is 0 Å². The minimum atomic E-state index is -3.28. The van der Waals surface area contributed by atoms with Crippen LogP contribution in [-0.4, -0.2) is 15.0 Å². The van der Waals surface area contributed by atoms with Crippen LogP contribution in [0, 0.1) is 12.8 Å². The molecule has 0 saturated carbocycles. The molecule has 0 fully saturated rings. The fourth-order valence-corrected chi connectivity index (χ4v) is 3.35. The molecule has 0 aliphatic carbocycles. The maximum atomic E-state index is 11.9. The quantitative estimate of drug-likeness (QED) is 0.726. The second kappa shape index (κ2) is 3.61. The van der Waals surface area contributed by atoms with E-state index in [1.807, 2.05) is 19.1 Å². The van der Waals surface area contributed by atoms with Gasteiger partial charge in [0.1, 0.15) is 0 Å². The highest BCUT2D eigenvalue weighted by molar-refractivity contribution is 7.89. The molecule has 15 heavy (non-hydrogen) atoms. The Labute approximate surface area is 90.6 Å². The first-order valence-electron chi connectivity index (χ1n) is 5.08. The van der Waals surface area contributed by atoms with Crippen molar-refractivity contribution in [3.8, 4) is 0 Å². The Kier molecular flexibility index (Phi) is 2.56. The summed E-state index contributed by atoms with van der Waals surface area (Å²) >= 11 is 0. The fraction of sp³-hybridized carbons (Fsp3) is 0.455. The second-order valence-corrected chi connectivity index (χ2v) is 6.01. The van der Waals surface area contributed by atoms with Crippen molar-refractivity contribution in [2.45, 2.75) is 25.2 Å². The number of nitrogens with one attached hydrogen (secondary N) is 1. The standard InChI is InChI=1S/C11H15NO2S/c1-8-3-4-10-5-9(2)7-12-15(13,14)11(10)6-8/h3-4,6,9,12H,5,7H2,1-2H3. The number of hydrogen-bond acceptors (Lipinski definition) is 2. The number of hydrogen-bond donors (Lipinski definition) is 1. The van der Waals surface area contributed by atoms with Crippen molar-refractivity contribution >= 4 is 10.0 Å². The van der Waals surface area contributed by atoms with Gasteiger partial charge in [-0.2, -0.15) is 0 Å². The Balaban J connectivity index is 2.61. The van der Waals surface area contributed by atoms with Gasteiger partial charge in [-0.15, -0.1) is 0 Å². The van der Waals surface area contributed by atoms with Gasteiger partial charge in [0.2, 0.25) is 10.0 Å². The molecule has 1 aliphatic heterocycles. The zero-order valence-corrected chi connectivity index (χ0v) is 9.76. The van der Waals surface area contributed by atoms with Crippen LogP contribution < -0.4 is 4.72 Å². The maximum absolute atomic E-state index is 11.9. The van der Waals surface area contributed by atoms with Crippen LogP contribution in [-0.2, 0) is 16.4 Å². The van der Waals surface area contributed by atoms with E-state index in [1.165, 1.54) is 0 Å². The molecule has 2 rings (SSSR count). The highest BCUT2D eigenvalue weighted by Gasteiger charge is 2.23. The minimum Gasteiger partial charge on any atom is -0.211 e. The molecule has 0 saturated heterocycles. The van der Waals surface area contributed by atoms with Crippen LogP contribution in [0.2, 0.25) is 0 Å². The highest BCUT2D eigenvalue weighted by Crippen LogP contribution is 2.23. The number of fused-ring (bicyclic) bond motifs is 1. The summed E-state index contributed by atoms with van der Waals surface area (Å²) in [6.07, 6.45) is 0.821. The highest BCUT2D eigenvalue weighted by atomic mass is 32.2.